The van der Waals surface area contributed by atoms with Gasteiger partial charge in [-0.15, -0.1) is 24.8 Å². The number of benzene rings is 1. The first-order chi connectivity index (χ1) is 9.83. The van der Waals surface area contributed by atoms with Gasteiger partial charge in [0.05, 0.1) is 0 Å². The molecule has 2 fully saturated rings. The lowest BCUT2D eigenvalue weighted by molar-refractivity contribution is 0.0938. The summed E-state index contributed by atoms with van der Waals surface area (Å²) in [6.45, 7) is 4.04. The Morgan fingerprint density at radius 3 is 2.50 bits per heavy atom. The van der Waals surface area contributed by atoms with Crippen molar-refractivity contribution in [1.29, 1.82) is 0 Å². The number of halogens is 2. The largest absolute Gasteiger partial charge is 0.369 e. The monoisotopic (exact) mass is 345 g/mol. The summed E-state index contributed by atoms with van der Waals surface area (Å²) in [5, 5.41) is 6.50. The van der Waals surface area contributed by atoms with Crippen LogP contribution in [0.5, 0.6) is 0 Å². The third-order valence-corrected chi connectivity index (χ3v) is 4.28. The topological polar surface area (TPSA) is 44.4 Å². The molecule has 124 valence electrons. The highest BCUT2D eigenvalue weighted by Crippen LogP contribution is 2.20. The number of amides is 1. The predicted molar refractivity (Wildman–Crippen MR) is 95.7 cm³/mol. The summed E-state index contributed by atoms with van der Waals surface area (Å²) in [5.74, 6) is 0.0777. The maximum Gasteiger partial charge on any atom is 0.251 e. The van der Waals surface area contributed by atoms with E-state index in [1.165, 1.54) is 12.8 Å². The van der Waals surface area contributed by atoms with Crippen LogP contribution in [0.3, 0.4) is 0 Å². The molecule has 1 saturated carbocycles. The second-order valence-corrected chi connectivity index (χ2v) is 5.74. The SMILES string of the molecule is Cl.Cl.O=C(NC1CCCC1)c1cccc(N2CCNCC2)c1. The first-order valence-electron chi connectivity index (χ1n) is 7.69. The highest BCUT2D eigenvalue weighted by molar-refractivity contribution is 5.95. The lowest BCUT2D eigenvalue weighted by Crippen LogP contribution is -2.43. The van der Waals surface area contributed by atoms with Crippen molar-refractivity contribution in [2.24, 2.45) is 0 Å². The maximum atomic E-state index is 12.3. The minimum absolute atomic E-state index is 0. The number of carbonyl (C=O) groups excluding carboxylic acids is 1. The van der Waals surface area contributed by atoms with Crippen LogP contribution in [0.4, 0.5) is 5.69 Å². The van der Waals surface area contributed by atoms with Gasteiger partial charge in [-0.3, -0.25) is 4.79 Å². The average molecular weight is 346 g/mol. The second kappa shape index (κ2) is 9.23. The van der Waals surface area contributed by atoms with Crippen LogP contribution in [0, 0.1) is 0 Å². The van der Waals surface area contributed by atoms with E-state index >= 15 is 0 Å². The van der Waals surface area contributed by atoms with Crippen LogP contribution in [0.2, 0.25) is 0 Å². The Labute approximate surface area is 144 Å². The molecule has 4 nitrogen and oxygen atoms in total. The standard InChI is InChI=1S/C16H23N3O.2ClH/c20-16(18-14-5-1-2-6-14)13-4-3-7-15(12-13)19-10-8-17-9-11-19;;/h3-4,7,12,14,17H,1-2,5-6,8-11H2,(H,18,20);2*1H. The number of anilines is 1. The summed E-state index contributed by atoms with van der Waals surface area (Å²) in [6.07, 6.45) is 4.74. The van der Waals surface area contributed by atoms with Crippen molar-refractivity contribution in [1.82, 2.24) is 10.6 Å². The van der Waals surface area contributed by atoms with Crippen LogP contribution in [0.15, 0.2) is 24.3 Å². The summed E-state index contributed by atoms with van der Waals surface area (Å²) in [6, 6.07) is 8.40. The highest BCUT2D eigenvalue weighted by atomic mass is 35.5. The van der Waals surface area contributed by atoms with Gasteiger partial charge in [0.2, 0.25) is 0 Å². The Morgan fingerprint density at radius 2 is 1.82 bits per heavy atom. The van der Waals surface area contributed by atoms with E-state index in [0.29, 0.717) is 6.04 Å². The number of nitrogens with one attached hydrogen (secondary N) is 2. The minimum atomic E-state index is 0. The lowest BCUT2D eigenvalue weighted by Gasteiger charge is -2.29. The number of nitrogens with zero attached hydrogens (tertiary/aromatic N) is 1. The van der Waals surface area contributed by atoms with Crippen LogP contribution < -0.4 is 15.5 Å². The Hall–Kier alpha value is -0.970. The number of hydrogen-bond donors (Lipinski definition) is 2. The first kappa shape index (κ1) is 19.1. The fourth-order valence-corrected chi connectivity index (χ4v) is 3.11. The van der Waals surface area contributed by atoms with E-state index in [1.54, 1.807) is 0 Å². The molecular formula is C16H25Cl2N3O. The molecule has 1 aromatic carbocycles. The first-order valence-corrected chi connectivity index (χ1v) is 7.69. The van der Waals surface area contributed by atoms with Gasteiger partial charge in [0, 0.05) is 43.5 Å². The molecule has 0 bridgehead atoms. The fraction of sp³-hybridized carbons (Fsp3) is 0.562. The number of piperazine rings is 1. The third-order valence-electron chi connectivity index (χ3n) is 4.28. The Bertz CT molecular complexity index is 472. The van der Waals surface area contributed by atoms with Crippen LogP contribution in [-0.2, 0) is 0 Å². The van der Waals surface area contributed by atoms with Crippen molar-refractivity contribution >= 4 is 36.4 Å². The third kappa shape index (κ3) is 4.77. The molecule has 0 aromatic heterocycles. The minimum Gasteiger partial charge on any atom is -0.369 e. The van der Waals surface area contributed by atoms with Gasteiger partial charge < -0.3 is 15.5 Å². The molecule has 1 aliphatic carbocycles. The quantitative estimate of drug-likeness (QED) is 0.884. The van der Waals surface area contributed by atoms with Crippen LogP contribution in [0.1, 0.15) is 36.0 Å². The van der Waals surface area contributed by atoms with E-state index in [4.69, 9.17) is 0 Å². The highest BCUT2D eigenvalue weighted by Gasteiger charge is 2.18. The molecule has 3 rings (SSSR count). The zero-order chi connectivity index (χ0) is 13.8. The number of rotatable bonds is 3. The van der Waals surface area contributed by atoms with Gasteiger partial charge in [-0.25, -0.2) is 0 Å². The molecule has 2 N–H and O–H groups in total. The van der Waals surface area contributed by atoms with Crippen molar-refractivity contribution in [2.75, 3.05) is 31.1 Å². The van der Waals surface area contributed by atoms with Crippen molar-refractivity contribution in [3.8, 4) is 0 Å². The fourth-order valence-electron chi connectivity index (χ4n) is 3.11. The molecule has 6 heteroatoms. The van der Waals surface area contributed by atoms with Crippen molar-refractivity contribution in [3.63, 3.8) is 0 Å². The van der Waals surface area contributed by atoms with E-state index in [0.717, 1.165) is 50.3 Å². The Morgan fingerprint density at radius 1 is 1.14 bits per heavy atom. The summed E-state index contributed by atoms with van der Waals surface area (Å²) in [7, 11) is 0. The van der Waals surface area contributed by atoms with E-state index in [9.17, 15) is 4.79 Å². The van der Waals surface area contributed by atoms with Crippen molar-refractivity contribution in [2.45, 2.75) is 31.7 Å². The van der Waals surface area contributed by atoms with Gasteiger partial charge in [-0.05, 0) is 31.0 Å². The molecular weight excluding hydrogens is 321 g/mol. The molecule has 0 spiro atoms. The Kier molecular flexibility index (Phi) is 8.01. The van der Waals surface area contributed by atoms with E-state index in [1.807, 2.05) is 18.2 Å². The normalized spacial score (nSPS) is 18.3. The average Bonchev–Trinajstić information content (AvgIpc) is 3.01. The second-order valence-electron chi connectivity index (χ2n) is 5.74. The predicted octanol–water partition coefficient (Wildman–Crippen LogP) is 2.61. The lowest BCUT2D eigenvalue weighted by atomic mass is 10.1. The Balaban J connectivity index is 0.00000121. The molecule has 2 aliphatic rings. The van der Waals surface area contributed by atoms with Gasteiger partial charge in [-0.1, -0.05) is 18.9 Å². The van der Waals surface area contributed by atoms with Crippen LogP contribution in [-0.4, -0.2) is 38.1 Å². The van der Waals surface area contributed by atoms with E-state index in [2.05, 4.69) is 21.6 Å². The van der Waals surface area contributed by atoms with Crippen LogP contribution in [0.25, 0.3) is 0 Å². The van der Waals surface area contributed by atoms with Gasteiger partial charge in [0.25, 0.3) is 5.91 Å². The van der Waals surface area contributed by atoms with Crippen molar-refractivity contribution in [3.05, 3.63) is 29.8 Å². The van der Waals surface area contributed by atoms with Crippen LogP contribution >= 0.6 is 24.8 Å². The molecule has 0 unspecified atom stereocenters. The van der Waals surface area contributed by atoms with E-state index < -0.39 is 0 Å². The number of carbonyl (C=O) groups is 1. The molecule has 0 atom stereocenters. The molecule has 1 heterocycles. The van der Waals surface area contributed by atoms with Gasteiger partial charge in [0.1, 0.15) is 0 Å². The summed E-state index contributed by atoms with van der Waals surface area (Å²) < 4.78 is 0. The molecule has 22 heavy (non-hydrogen) atoms. The zero-order valence-corrected chi connectivity index (χ0v) is 14.3. The zero-order valence-electron chi connectivity index (χ0n) is 12.7. The van der Waals surface area contributed by atoms with Gasteiger partial charge in [-0.2, -0.15) is 0 Å². The smallest absolute Gasteiger partial charge is 0.251 e. The molecule has 1 amide bonds. The summed E-state index contributed by atoms with van der Waals surface area (Å²) >= 11 is 0. The molecule has 0 radical (unpaired) electrons. The number of hydrogen-bond acceptors (Lipinski definition) is 3. The van der Waals surface area contributed by atoms with Gasteiger partial charge in [0.15, 0.2) is 0 Å². The van der Waals surface area contributed by atoms with Gasteiger partial charge >= 0.3 is 0 Å². The molecule has 1 aliphatic heterocycles. The van der Waals surface area contributed by atoms with E-state index in [-0.39, 0.29) is 30.7 Å². The maximum absolute atomic E-state index is 12.3. The summed E-state index contributed by atoms with van der Waals surface area (Å²) in [4.78, 5) is 14.6. The summed E-state index contributed by atoms with van der Waals surface area (Å²) in [5.41, 5.74) is 1.94. The van der Waals surface area contributed by atoms with Crippen molar-refractivity contribution < 1.29 is 4.79 Å². The molecule has 1 aromatic rings. The molecule has 1 saturated heterocycles.